The first-order valence-electron chi connectivity index (χ1n) is 5.56. The minimum atomic E-state index is -1.77. The number of aliphatic hydroxyl groups excluding tert-OH is 3. The summed E-state index contributed by atoms with van der Waals surface area (Å²) in [5.74, 6) is 0. The summed E-state index contributed by atoms with van der Waals surface area (Å²) in [5.41, 5.74) is -2.25. The Morgan fingerprint density at radius 1 is 1.06 bits per heavy atom. The van der Waals surface area contributed by atoms with Gasteiger partial charge < -0.3 is 20.4 Å². The second-order valence-corrected chi connectivity index (χ2v) is 5.00. The van der Waals surface area contributed by atoms with Gasteiger partial charge in [0.15, 0.2) is 0 Å². The number of benzene rings is 1. The van der Waals surface area contributed by atoms with Crippen molar-refractivity contribution in [3.63, 3.8) is 0 Å². The van der Waals surface area contributed by atoms with E-state index >= 15 is 0 Å². The van der Waals surface area contributed by atoms with Crippen LogP contribution in [-0.4, -0.2) is 39.7 Å². The Balaban J connectivity index is 3.13. The topological polar surface area (TPSA) is 80.9 Å². The molecule has 1 aromatic rings. The molecule has 0 aliphatic rings. The maximum absolute atomic E-state index is 10.4. The van der Waals surface area contributed by atoms with Crippen LogP contribution in [0.5, 0.6) is 0 Å². The monoisotopic (exact) mass is 240 g/mol. The zero-order valence-corrected chi connectivity index (χ0v) is 10.2. The predicted molar refractivity (Wildman–Crippen MR) is 64.3 cm³/mol. The van der Waals surface area contributed by atoms with E-state index in [4.69, 9.17) is 0 Å². The molecule has 0 amide bonds. The third kappa shape index (κ3) is 2.66. The third-order valence-electron chi connectivity index (χ3n) is 3.11. The summed E-state index contributed by atoms with van der Waals surface area (Å²) in [6, 6.07) is 8.48. The Bertz CT molecular complexity index is 350. The fourth-order valence-electron chi connectivity index (χ4n) is 1.80. The van der Waals surface area contributed by atoms with Crippen molar-refractivity contribution in [3.05, 3.63) is 35.9 Å². The van der Waals surface area contributed by atoms with Gasteiger partial charge in [0.1, 0.15) is 5.60 Å². The largest absolute Gasteiger partial charge is 0.396 e. The second-order valence-electron chi connectivity index (χ2n) is 5.00. The Morgan fingerprint density at radius 3 is 2.00 bits per heavy atom. The molecular weight excluding hydrogens is 220 g/mol. The lowest BCUT2D eigenvalue weighted by Crippen LogP contribution is -2.51. The van der Waals surface area contributed by atoms with Gasteiger partial charge in [-0.05, 0) is 5.56 Å². The molecule has 96 valence electrons. The van der Waals surface area contributed by atoms with Gasteiger partial charge in [0.25, 0.3) is 0 Å². The fraction of sp³-hybridized carbons (Fsp3) is 0.538. The van der Waals surface area contributed by atoms with Crippen LogP contribution in [0.25, 0.3) is 0 Å². The molecule has 4 N–H and O–H groups in total. The fourth-order valence-corrected chi connectivity index (χ4v) is 1.80. The minimum absolute atomic E-state index is 0.288. The van der Waals surface area contributed by atoms with Gasteiger partial charge >= 0.3 is 0 Å². The maximum atomic E-state index is 10.4. The molecule has 2 atom stereocenters. The van der Waals surface area contributed by atoms with Crippen LogP contribution in [0.4, 0.5) is 0 Å². The molecule has 0 fully saturated rings. The predicted octanol–water partition coefficient (Wildman–Crippen LogP) is 0.246. The summed E-state index contributed by atoms with van der Waals surface area (Å²) in [4.78, 5) is 0. The summed E-state index contributed by atoms with van der Waals surface area (Å²) in [6.45, 7) is 2.35. The Hall–Kier alpha value is -0.940. The van der Waals surface area contributed by atoms with Crippen LogP contribution >= 0.6 is 0 Å². The zero-order chi connectivity index (χ0) is 13.1. The van der Waals surface area contributed by atoms with E-state index in [0.717, 1.165) is 0 Å². The molecule has 0 aromatic heterocycles. The number of hydrogen-bond acceptors (Lipinski definition) is 4. The van der Waals surface area contributed by atoms with Gasteiger partial charge in [-0.25, -0.2) is 0 Å². The van der Waals surface area contributed by atoms with Crippen molar-refractivity contribution < 1.29 is 20.4 Å². The zero-order valence-electron chi connectivity index (χ0n) is 10.2. The van der Waals surface area contributed by atoms with Crippen molar-refractivity contribution in [3.8, 4) is 0 Å². The van der Waals surface area contributed by atoms with Crippen molar-refractivity contribution >= 4 is 0 Å². The highest BCUT2D eigenvalue weighted by atomic mass is 16.4. The lowest BCUT2D eigenvalue weighted by molar-refractivity contribution is -0.161. The standard InChI is InChI=1S/C13H20O4/c1-12(2,8-14)11(16)13(17,9-15)10-6-4-3-5-7-10/h3-7,11,14-17H,8-9H2,1-2H3. The van der Waals surface area contributed by atoms with Crippen molar-refractivity contribution in [2.45, 2.75) is 25.6 Å². The van der Waals surface area contributed by atoms with Crippen LogP contribution in [0.1, 0.15) is 19.4 Å². The quantitative estimate of drug-likeness (QED) is 0.594. The van der Waals surface area contributed by atoms with Crippen LogP contribution in [0.2, 0.25) is 0 Å². The highest BCUT2D eigenvalue weighted by Gasteiger charge is 2.45. The lowest BCUT2D eigenvalue weighted by Gasteiger charge is -2.40. The average Bonchev–Trinajstić information content (AvgIpc) is 2.38. The molecule has 0 bridgehead atoms. The van der Waals surface area contributed by atoms with Gasteiger partial charge in [-0.3, -0.25) is 0 Å². The van der Waals surface area contributed by atoms with E-state index in [1.807, 2.05) is 0 Å². The Labute approximate surface area is 101 Å². The maximum Gasteiger partial charge on any atom is 0.139 e. The highest BCUT2D eigenvalue weighted by Crippen LogP contribution is 2.34. The van der Waals surface area contributed by atoms with Crippen LogP contribution < -0.4 is 0 Å². The van der Waals surface area contributed by atoms with Gasteiger partial charge in [0, 0.05) is 5.41 Å². The first-order chi connectivity index (χ1) is 7.88. The van der Waals surface area contributed by atoms with Gasteiger partial charge in [-0.15, -0.1) is 0 Å². The summed E-state index contributed by atoms with van der Waals surface area (Å²) in [7, 11) is 0. The second kappa shape index (κ2) is 5.14. The van der Waals surface area contributed by atoms with E-state index in [1.54, 1.807) is 44.2 Å². The molecule has 0 saturated heterocycles. The molecule has 4 heteroatoms. The first-order valence-corrected chi connectivity index (χ1v) is 5.56. The van der Waals surface area contributed by atoms with Crippen molar-refractivity contribution in [2.75, 3.05) is 13.2 Å². The molecule has 2 unspecified atom stereocenters. The van der Waals surface area contributed by atoms with E-state index in [1.165, 1.54) is 0 Å². The van der Waals surface area contributed by atoms with Crippen molar-refractivity contribution in [1.82, 2.24) is 0 Å². The average molecular weight is 240 g/mol. The van der Waals surface area contributed by atoms with Gasteiger partial charge in [0.2, 0.25) is 0 Å². The number of hydrogen-bond donors (Lipinski definition) is 4. The molecule has 0 heterocycles. The molecule has 0 spiro atoms. The SMILES string of the molecule is CC(C)(CO)C(O)C(O)(CO)c1ccccc1. The van der Waals surface area contributed by atoms with Crippen LogP contribution in [0, 0.1) is 5.41 Å². The van der Waals surface area contributed by atoms with E-state index in [-0.39, 0.29) is 6.61 Å². The van der Waals surface area contributed by atoms with Crippen LogP contribution in [-0.2, 0) is 5.60 Å². The van der Waals surface area contributed by atoms with Gasteiger partial charge in [0.05, 0.1) is 19.3 Å². The van der Waals surface area contributed by atoms with E-state index in [0.29, 0.717) is 5.56 Å². The molecule has 1 rings (SSSR count). The molecule has 0 radical (unpaired) electrons. The number of rotatable bonds is 5. The lowest BCUT2D eigenvalue weighted by atomic mass is 9.75. The molecule has 4 nitrogen and oxygen atoms in total. The van der Waals surface area contributed by atoms with Crippen LogP contribution in [0.3, 0.4) is 0 Å². The molecule has 0 saturated carbocycles. The molecule has 0 aliphatic heterocycles. The number of aliphatic hydroxyl groups is 4. The first kappa shape index (κ1) is 14.1. The summed E-state index contributed by atoms with van der Waals surface area (Å²) < 4.78 is 0. The molecule has 1 aromatic carbocycles. The minimum Gasteiger partial charge on any atom is -0.396 e. The molecular formula is C13H20O4. The Kier molecular flexibility index (Phi) is 4.27. The third-order valence-corrected chi connectivity index (χ3v) is 3.11. The summed E-state index contributed by atoms with van der Waals surface area (Å²) in [6.07, 6.45) is -1.27. The van der Waals surface area contributed by atoms with E-state index in [9.17, 15) is 20.4 Å². The molecule has 17 heavy (non-hydrogen) atoms. The highest BCUT2D eigenvalue weighted by molar-refractivity contribution is 5.24. The normalized spacial score (nSPS) is 17.5. The summed E-state index contributed by atoms with van der Waals surface area (Å²) in [5, 5.41) is 39.2. The van der Waals surface area contributed by atoms with Gasteiger partial charge in [-0.2, -0.15) is 0 Å². The smallest absolute Gasteiger partial charge is 0.139 e. The van der Waals surface area contributed by atoms with Gasteiger partial charge in [-0.1, -0.05) is 44.2 Å². The molecule has 0 aliphatic carbocycles. The van der Waals surface area contributed by atoms with E-state index in [2.05, 4.69) is 0 Å². The summed E-state index contributed by atoms with van der Waals surface area (Å²) >= 11 is 0. The van der Waals surface area contributed by atoms with Crippen LogP contribution in [0.15, 0.2) is 30.3 Å². The van der Waals surface area contributed by atoms with Crippen molar-refractivity contribution in [2.24, 2.45) is 5.41 Å². The van der Waals surface area contributed by atoms with Crippen molar-refractivity contribution in [1.29, 1.82) is 0 Å². The Morgan fingerprint density at radius 2 is 1.59 bits per heavy atom. The van der Waals surface area contributed by atoms with E-state index < -0.39 is 23.7 Å².